The molecule has 0 spiro atoms. The van der Waals surface area contributed by atoms with Crippen LogP contribution in [0, 0.1) is 10.1 Å². The van der Waals surface area contributed by atoms with Crippen molar-refractivity contribution >= 4 is 35.0 Å². The highest BCUT2D eigenvalue weighted by atomic mass is 16.6. The SMILES string of the molecule is O=C1N=C2N(CC[NH+]3CCOCC3)c3ccccc3N2/C1=C/c1ccc([N+](=O)[O-])cc1. The smallest absolute Gasteiger partial charge is 0.297 e. The molecule has 3 heterocycles. The maximum Gasteiger partial charge on any atom is 0.297 e. The maximum atomic E-state index is 12.8. The third-order valence-electron chi connectivity index (χ3n) is 5.81. The number of amides is 1. The molecule has 5 rings (SSSR count). The largest absolute Gasteiger partial charge is 0.370 e. The first-order valence-electron chi connectivity index (χ1n) is 10.3. The Hall–Kier alpha value is -3.56. The first kappa shape index (κ1) is 19.4. The molecule has 3 aliphatic heterocycles. The predicted octanol–water partition coefficient (Wildman–Crippen LogP) is 1.07. The van der Waals surface area contributed by atoms with Crippen molar-refractivity contribution in [2.24, 2.45) is 4.99 Å². The second kappa shape index (κ2) is 7.93. The molecule has 1 saturated heterocycles. The van der Waals surface area contributed by atoms with Crippen LogP contribution in [0.25, 0.3) is 6.08 Å². The Morgan fingerprint density at radius 3 is 2.52 bits per heavy atom. The minimum absolute atomic E-state index is 0.0140. The van der Waals surface area contributed by atoms with E-state index >= 15 is 0 Å². The van der Waals surface area contributed by atoms with E-state index in [1.165, 1.54) is 17.0 Å². The van der Waals surface area contributed by atoms with Gasteiger partial charge in [0.1, 0.15) is 18.8 Å². The van der Waals surface area contributed by atoms with Crippen LogP contribution in [-0.4, -0.2) is 56.2 Å². The molecule has 31 heavy (non-hydrogen) atoms. The molecule has 2 aromatic carbocycles. The molecule has 0 atom stereocenters. The number of quaternary nitrogens is 1. The quantitative estimate of drug-likeness (QED) is 0.442. The zero-order chi connectivity index (χ0) is 21.4. The van der Waals surface area contributed by atoms with Crippen molar-refractivity contribution < 1.29 is 19.4 Å². The number of aliphatic imine (C=N–C) groups is 1. The molecule has 0 radical (unpaired) electrons. The molecule has 1 fully saturated rings. The van der Waals surface area contributed by atoms with Gasteiger partial charge in [0.25, 0.3) is 11.6 Å². The number of carbonyl (C=O) groups excluding carboxylic acids is 1. The first-order valence-corrected chi connectivity index (χ1v) is 10.3. The van der Waals surface area contributed by atoms with Crippen molar-refractivity contribution in [2.75, 3.05) is 49.2 Å². The standard InChI is InChI=1S/C22H21N5O4/c28-21-20(15-16-5-7-17(8-6-16)27(29)30)26-19-4-2-1-3-18(19)25(22(26)23-21)10-9-24-11-13-31-14-12-24/h1-8,15H,9-14H2/p+1/b20-15+. The zero-order valence-electron chi connectivity index (χ0n) is 16.9. The van der Waals surface area contributed by atoms with Gasteiger partial charge in [-0.05, 0) is 35.9 Å². The van der Waals surface area contributed by atoms with E-state index in [1.807, 2.05) is 29.2 Å². The van der Waals surface area contributed by atoms with Crippen LogP contribution < -0.4 is 14.7 Å². The third kappa shape index (κ3) is 3.58. The highest BCUT2D eigenvalue weighted by Crippen LogP contribution is 2.42. The minimum Gasteiger partial charge on any atom is -0.370 e. The molecule has 0 bridgehead atoms. The highest BCUT2D eigenvalue weighted by molar-refractivity contribution is 6.31. The second-order valence-corrected chi connectivity index (χ2v) is 7.68. The number of ether oxygens (including phenoxy) is 1. The van der Waals surface area contributed by atoms with E-state index in [-0.39, 0.29) is 11.6 Å². The fraction of sp³-hybridized carbons (Fsp3) is 0.273. The van der Waals surface area contributed by atoms with Crippen LogP contribution in [0.5, 0.6) is 0 Å². The summed E-state index contributed by atoms with van der Waals surface area (Å²) in [6, 6.07) is 14.1. The van der Waals surface area contributed by atoms with Gasteiger partial charge in [-0.3, -0.25) is 19.8 Å². The van der Waals surface area contributed by atoms with Crippen LogP contribution in [0.15, 0.2) is 59.2 Å². The van der Waals surface area contributed by atoms with Gasteiger partial charge in [-0.1, -0.05) is 12.1 Å². The van der Waals surface area contributed by atoms with Gasteiger partial charge in [-0.25, -0.2) is 0 Å². The summed E-state index contributed by atoms with van der Waals surface area (Å²) in [5, 5.41) is 10.9. The van der Waals surface area contributed by atoms with Gasteiger partial charge < -0.3 is 14.5 Å². The number of nitrogens with zero attached hydrogens (tertiary/aromatic N) is 4. The van der Waals surface area contributed by atoms with Gasteiger partial charge in [0, 0.05) is 12.1 Å². The van der Waals surface area contributed by atoms with E-state index in [9.17, 15) is 14.9 Å². The summed E-state index contributed by atoms with van der Waals surface area (Å²) in [5.41, 5.74) is 3.10. The monoisotopic (exact) mass is 420 g/mol. The second-order valence-electron chi connectivity index (χ2n) is 7.68. The van der Waals surface area contributed by atoms with Crippen LogP contribution in [0.3, 0.4) is 0 Å². The lowest BCUT2D eigenvalue weighted by Crippen LogP contribution is -3.14. The molecule has 1 N–H and O–H groups in total. The molecular weight excluding hydrogens is 398 g/mol. The Bertz CT molecular complexity index is 1090. The van der Waals surface area contributed by atoms with Crippen molar-refractivity contribution in [1.29, 1.82) is 0 Å². The van der Waals surface area contributed by atoms with Crippen molar-refractivity contribution in [1.82, 2.24) is 0 Å². The molecule has 0 unspecified atom stereocenters. The van der Waals surface area contributed by atoms with E-state index in [4.69, 9.17) is 4.74 Å². The molecule has 2 aromatic rings. The number of morpholine rings is 1. The summed E-state index contributed by atoms with van der Waals surface area (Å²) in [6.07, 6.45) is 1.73. The molecular formula is C22H22N5O4+. The van der Waals surface area contributed by atoms with E-state index in [0.29, 0.717) is 17.2 Å². The number of carbonyl (C=O) groups is 1. The number of hydrogen-bond acceptors (Lipinski definition) is 6. The fourth-order valence-electron chi connectivity index (χ4n) is 4.19. The molecule has 1 amide bonds. The van der Waals surface area contributed by atoms with Crippen molar-refractivity contribution in [3.63, 3.8) is 0 Å². The van der Waals surface area contributed by atoms with E-state index in [2.05, 4.69) is 9.89 Å². The number of hydrogen-bond donors (Lipinski definition) is 1. The number of fused-ring (bicyclic) bond motifs is 3. The van der Waals surface area contributed by atoms with Crippen LogP contribution >= 0.6 is 0 Å². The lowest BCUT2D eigenvalue weighted by Gasteiger charge is -2.26. The fourth-order valence-corrected chi connectivity index (χ4v) is 4.19. The molecule has 3 aliphatic rings. The van der Waals surface area contributed by atoms with E-state index < -0.39 is 4.92 Å². The summed E-state index contributed by atoms with van der Waals surface area (Å²) < 4.78 is 5.45. The molecule has 0 aliphatic carbocycles. The van der Waals surface area contributed by atoms with Gasteiger partial charge in [0.2, 0.25) is 5.96 Å². The normalized spacial score (nSPS) is 19.5. The zero-order valence-corrected chi connectivity index (χ0v) is 16.9. The van der Waals surface area contributed by atoms with Crippen LogP contribution in [0.4, 0.5) is 17.1 Å². The number of non-ortho nitro benzene ring substituents is 1. The lowest BCUT2D eigenvalue weighted by molar-refractivity contribution is -0.906. The number of nitrogens with one attached hydrogen (secondary N) is 1. The molecule has 9 nitrogen and oxygen atoms in total. The van der Waals surface area contributed by atoms with Crippen LogP contribution in [0.2, 0.25) is 0 Å². The summed E-state index contributed by atoms with van der Waals surface area (Å²) >= 11 is 0. The Kier molecular flexibility index (Phi) is 4.97. The van der Waals surface area contributed by atoms with Crippen molar-refractivity contribution in [2.45, 2.75) is 0 Å². The number of rotatable bonds is 5. The Morgan fingerprint density at radius 1 is 1.10 bits per heavy atom. The number of benzene rings is 2. The lowest BCUT2D eigenvalue weighted by atomic mass is 10.1. The number of anilines is 2. The molecule has 0 saturated carbocycles. The minimum atomic E-state index is -0.441. The van der Waals surface area contributed by atoms with Crippen LogP contribution in [-0.2, 0) is 9.53 Å². The number of guanidine groups is 1. The van der Waals surface area contributed by atoms with E-state index in [1.54, 1.807) is 18.2 Å². The van der Waals surface area contributed by atoms with Crippen LogP contribution in [0.1, 0.15) is 5.56 Å². The predicted molar refractivity (Wildman–Crippen MR) is 116 cm³/mol. The first-order chi connectivity index (χ1) is 15.1. The van der Waals surface area contributed by atoms with E-state index in [0.717, 1.165) is 50.8 Å². The summed E-state index contributed by atoms with van der Waals surface area (Å²) in [7, 11) is 0. The van der Waals surface area contributed by atoms with Gasteiger partial charge in [0.05, 0.1) is 42.6 Å². The highest BCUT2D eigenvalue weighted by Gasteiger charge is 2.42. The Morgan fingerprint density at radius 2 is 1.81 bits per heavy atom. The van der Waals surface area contributed by atoms with Crippen molar-refractivity contribution in [3.05, 3.63) is 69.9 Å². The van der Waals surface area contributed by atoms with Gasteiger partial charge in [-0.2, -0.15) is 4.99 Å². The van der Waals surface area contributed by atoms with Crippen molar-refractivity contribution in [3.8, 4) is 0 Å². The third-order valence-corrected chi connectivity index (χ3v) is 5.81. The average molecular weight is 420 g/mol. The maximum absolute atomic E-state index is 12.8. The summed E-state index contributed by atoms with van der Waals surface area (Å²) in [5.74, 6) is 0.304. The topological polar surface area (TPSA) is 92.7 Å². The average Bonchev–Trinajstić information content (AvgIpc) is 3.27. The molecule has 9 heteroatoms. The summed E-state index contributed by atoms with van der Waals surface area (Å²) in [4.78, 5) is 33.1. The number of nitro groups is 1. The molecule has 158 valence electrons. The Labute approximate surface area is 179 Å². The summed E-state index contributed by atoms with van der Waals surface area (Å²) in [6.45, 7) is 5.20. The number of para-hydroxylation sites is 2. The van der Waals surface area contributed by atoms with Gasteiger partial charge in [0.15, 0.2) is 0 Å². The van der Waals surface area contributed by atoms with Gasteiger partial charge >= 0.3 is 0 Å². The Balaban J connectivity index is 1.44. The number of nitro benzene ring substituents is 1. The van der Waals surface area contributed by atoms with Gasteiger partial charge in [-0.15, -0.1) is 0 Å². The molecule has 0 aromatic heterocycles.